The molecule has 0 fully saturated rings. The van der Waals surface area contributed by atoms with Crippen molar-refractivity contribution in [3.8, 4) is 11.4 Å². The molecule has 4 aromatic rings. The van der Waals surface area contributed by atoms with E-state index in [1.54, 1.807) is 30.4 Å². The average molecular weight is 367 g/mol. The van der Waals surface area contributed by atoms with Gasteiger partial charge in [0, 0.05) is 29.3 Å². The third-order valence-electron chi connectivity index (χ3n) is 4.06. The van der Waals surface area contributed by atoms with Crippen LogP contribution < -0.4 is 0 Å². The molecular formula is C18H17N5O2S. The predicted molar refractivity (Wildman–Crippen MR) is 96.6 cm³/mol. The van der Waals surface area contributed by atoms with Gasteiger partial charge in [0.05, 0.1) is 18.5 Å². The van der Waals surface area contributed by atoms with Crippen LogP contribution in [0.15, 0.2) is 57.0 Å². The highest BCUT2D eigenvalue weighted by atomic mass is 32.2. The summed E-state index contributed by atoms with van der Waals surface area (Å²) in [5, 5.41) is 13.6. The highest BCUT2D eigenvalue weighted by Gasteiger charge is 2.18. The molecule has 0 saturated carbocycles. The molecule has 0 aliphatic heterocycles. The summed E-state index contributed by atoms with van der Waals surface area (Å²) in [6.45, 7) is 4.42. The third-order valence-corrected chi connectivity index (χ3v) is 5.05. The first-order chi connectivity index (χ1) is 12.7. The lowest BCUT2D eigenvalue weighted by Gasteiger charge is -2.08. The Hall–Kier alpha value is -2.87. The lowest BCUT2D eigenvalue weighted by Crippen LogP contribution is -2.03. The Labute approximate surface area is 154 Å². The van der Waals surface area contributed by atoms with Crippen LogP contribution in [0.1, 0.15) is 22.8 Å². The van der Waals surface area contributed by atoms with Crippen molar-refractivity contribution in [1.29, 1.82) is 0 Å². The van der Waals surface area contributed by atoms with E-state index >= 15 is 0 Å². The Balaban J connectivity index is 1.66. The van der Waals surface area contributed by atoms with E-state index < -0.39 is 0 Å². The minimum absolute atomic E-state index is 0.550. The Morgan fingerprint density at radius 1 is 1.15 bits per heavy atom. The number of hydrogen-bond donors (Lipinski definition) is 0. The molecule has 0 saturated heterocycles. The Morgan fingerprint density at radius 2 is 2.08 bits per heavy atom. The van der Waals surface area contributed by atoms with E-state index in [-0.39, 0.29) is 0 Å². The Bertz CT molecular complexity index is 973. The molecular weight excluding hydrogens is 350 g/mol. The first-order valence-corrected chi connectivity index (χ1v) is 9.11. The summed E-state index contributed by atoms with van der Waals surface area (Å²) >= 11 is 1.60. The average Bonchev–Trinajstić information content (AvgIpc) is 3.38. The van der Waals surface area contributed by atoms with Crippen LogP contribution in [0, 0.1) is 13.8 Å². The molecule has 0 aromatic carbocycles. The second-order valence-corrected chi connectivity index (χ2v) is 6.75. The first-order valence-electron chi connectivity index (χ1n) is 8.13. The molecule has 0 amide bonds. The van der Waals surface area contributed by atoms with E-state index in [1.165, 1.54) is 0 Å². The van der Waals surface area contributed by atoms with Crippen LogP contribution in [0.4, 0.5) is 0 Å². The van der Waals surface area contributed by atoms with Crippen LogP contribution in [-0.4, -0.2) is 24.9 Å². The largest absolute Gasteiger partial charge is 0.467 e. The minimum atomic E-state index is 0.550. The van der Waals surface area contributed by atoms with E-state index in [0.717, 1.165) is 39.3 Å². The molecule has 4 aromatic heterocycles. The molecule has 0 atom stereocenters. The summed E-state index contributed by atoms with van der Waals surface area (Å²) in [4.78, 5) is 4.19. The van der Waals surface area contributed by atoms with Gasteiger partial charge in [-0.15, -0.1) is 10.2 Å². The van der Waals surface area contributed by atoms with Crippen LogP contribution in [-0.2, 0) is 12.3 Å². The van der Waals surface area contributed by atoms with Gasteiger partial charge < -0.3 is 8.94 Å². The molecule has 0 unspecified atom stereocenters. The zero-order valence-corrected chi connectivity index (χ0v) is 15.2. The smallest absolute Gasteiger partial charge is 0.192 e. The number of aryl methyl sites for hydroxylation is 2. The van der Waals surface area contributed by atoms with E-state index in [0.29, 0.717) is 12.3 Å². The molecule has 0 spiro atoms. The van der Waals surface area contributed by atoms with Crippen molar-refractivity contribution in [2.24, 2.45) is 0 Å². The fourth-order valence-electron chi connectivity index (χ4n) is 2.65. The highest BCUT2D eigenvalue weighted by Crippen LogP contribution is 2.29. The summed E-state index contributed by atoms with van der Waals surface area (Å²) in [5.74, 6) is 3.15. The van der Waals surface area contributed by atoms with Crippen LogP contribution in [0.25, 0.3) is 11.4 Å². The minimum Gasteiger partial charge on any atom is -0.467 e. The number of aromatic nitrogens is 5. The van der Waals surface area contributed by atoms with Gasteiger partial charge in [-0.3, -0.25) is 9.55 Å². The van der Waals surface area contributed by atoms with Gasteiger partial charge in [-0.25, -0.2) is 0 Å². The molecule has 4 heterocycles. The van der Waals surface area contributed by atoms with Gasteiger partial charge in [0.15, 0.2) is 11.0 Å². The van der Waals surface area contributed by atoms with Gasteiger partial charge in [-0.2, -0.15) is 0 Å². The number of pyridine rings is 1. The zero-order valence-electron chi connectivity index (χ0n) is 14.4. The normalized spacial score (nSPS) is 11.2. The number of thioether (sulfide) groups is 1. The third kappa shape index (κ3) is 3.28. The van der Waals surface area contributed by atoms with Crippen molar-refractivity contribution >= 4 is 11.8 Å². The fraction of sp³-hybridized carbons (Fsp3) is 0.222. The molecule has 0 N–H and O–H groups in total. The van der Waals surface area contributed by atoms with E-state index in [9.17, 15) is 0 Å². The van der Waals surface area contributed by atoms with E-state index in [2.05, 4.69) is 20.3 Å². The summed E-state index contributed by atoms with van der Waals surface area (Å²) in [6, 6.07) is 7.67. The Morgan fingerprint density at radius 3 is 2.77 bits per heavy atom. The lowest BCUT2D eigenvalue weighted by molar-refractivity contribution is 0.392. The maximum Gasteiger partial charge on any atom is 0.192 e. The maximum absolute atomic E-state index is 5.52. The fourth-order valence-corrected chi connectivity index (χ4v) is 3.74. The SMILES string of the molecule is Cc1noc(C)c1CSc1nnc(-c2cccnc2)n1Cc1ccco1. The summed E-state index contributed by atoms with van der Waals surface area (Å²) in [6.07, 6.45) is 5.19. The van der Waals surface area contributed by atoms with Gasteiger partial charge in [0.1, 0.15) is 11.5 Å². The van der Waals surface area contributed by atoms with E-state index in [4.69, 9.17) is 8.94 Å². The molecule has 26 heavy (non-hydrogen) atoms. The maximum atomic E-state index is 5.52. The van der Waals surface area contributed by atoms with Crippen LogP contribution in [0.2, 0.25) is 0 Å². The zero-order chi connectivity index (χ0) is 17.9. The van der Waals surface area contributed by atoms with Crippen molar-refractivity contribution in [3.63, 3.8) is 0 Å². The number of nitrogens with zero attached hydrogens (tertiary/aromatic N) is 5. The van der Waals surface area contributed by atoms with Crippen molar-refractivity contribution in [2.75, 3.05) is 0 Å². The van der Waals surface area contributed by atoms with Gasteiger partial charge in [0.2, 0.25) is 0 Å². The monoisotopic (exact) mass is 367 g/mol. The standard InChI is InChI=1S/C18H17N5O2S/c1-12-16(13(2)25-22-12)11-26-18-21-20-17(14-5-3-7-19-9-14)23(18)10-15-6-4-8-24-15/h3-9H,10-11H2,1-2H3. The van der Waals surface area contributed by atoms with Crippen molar-refractivity contribution in [3.05, 3.63) is 65.7 Å². The second kappa shape index (κ2) is 7.17. The second-order valence-electron chi connectivity index (χ2n) is 5.80. The highest BCUT2D eigenvalue weighted by molar-refractivity contribution is 7.98. The number of furan rings is 1. The summed E-state index contributed by atoms with van der Waals surface area (Å²) in [5.41, 5.74) is 2.90. The van der Waals surface area contributed by atoms with Crippen LogP contribution >= 0.6 is 11.8 Å². The molecule has 7 nitrogen and oxygen atoms in total. The van der Waals surface area contributed by atoms with Crippen molar-refractivity contribution < 1.29 is 8.94 Å². The lowest BCUT2D eigenvalue weighted by atomic mass is 10.2. The van der Waals surface area contributed by atoms with Crippen molar-refractivity contribution in [1.82, 2.24) is 24.9 Å². The number of hydrogen-bond acceptors (Lipinski definition) is 7. The molecule has 0 bridgehead atoms. The van der Waals surface area contributed by atoms with Gasteiger partial charge in [-0.1, -0.05) is 16.9 Å². The van der Waals surface area contributed by atoms with Crippen LogP contribution in [0.5, 0.6) is 0 Å². The molecule has 0 aliphatic carbocycles. The molecule has 4 rings (SSSR count). The summed E-state index contributed by atoms with van der Waals surface area (Å²) in [7, 11) is 0. The topological polar surface area (TPSA) is 82.8 Å². The van der Waals surface area contributed by atoms with Gasteiger partial charge >= 0.3 is 0 Å². The van der Waals surface area contributed by atoms with Crippen LogP contribution in [0.3, 0.4) is 0 Å². The molecule has 8 heteroatoms. The van der Waals surface area contributed by atoms with E-state index in [1.807, 2.05) is 42.7 Å². The molecule has 0 aliphatic rings. The summed E-state index contributed by atoms with van der Waals surface area (Å²) < 4.78 is 12.8. The first kappa shape index (κ1) is 16.6. The molecule has 132 valence electrons. The number of rotatable bonds is 6. The predicted octanol–water partition coefficient (Wildman–Crippen LogP) is 3.88. The van der Waals surface area contributed by atoms with Crippen molar-refractivity contribution in [2.45, 2.75) is 31.3 Å². The van der Waals surface area contributed by atoms with Gasteiger partial charge in [-0.05, 0) is 38.1 Å². The molecule has 0 radical (unpaired) electrons. The van der Waals surface area contributed by atoms with Gasteiger partial charge in [0.25, 0.3) is 0 Å². The quantitative estimate of drug-likeness (QED) is 0.478. The Kier molecular flexibility index (Phi) is 4.57.